The van der Waals surface area contributed by atoms with Gasteiger partial charge in [-0.2, -0.15) is 0 Å². The number of benzene rings is 1. The molecule has 1 rings (SSSR count). The van der Waals surface area contributed by atoms with Gasteiger partial charge in [0.2, 0.25) is 0 Å². The van der Waals surface area contributed by atoms with Gasteiger partial charge < -0.3 is 21.6 Å². The first-order valence-electron chi connectivity index (χ1n) is 7.27. The van der Waals surface area contributed by atoms with Crippen LogP contribution in [0.4, 0.5) is 0 Å². The molecule has 0 N–H and O–H groups in total. The summed E-state index contributed by atoms with van der Waals surface area (Å²) >= 11 is 0. The summed E-state index contributed by atoms with van der Waals surface area (Å²) in [6.07, 6.45) is 1.12. The smallest absolute Gasteiger partial charge is 0.330 e. The fourth-order valence-corrected chi connectivity index (χ4v) is 2.57. The zero-order chi connectivity index (χ0) is 15.0. The van der Waals surface area contributed by atoms with Crippen LogP contribution in [0.5, 0.6) is 0 Å². The zero-order valence-electron chi connectivity index (χ0n) is 13.2. The Morgan fingerprint density at radius 2 is 1.86 bits per heavy atom. The molecular formula is C17H26ClNO2. The summed E-state index contributed by atoms with van der Waals surface area (Å²) in [5.74, 6) is -0.345. The molecule has 0 fully saturated rings. The van der Waals surface area contributed by atoms with Gasteiger partial charge in [0.25, 0.3) is 0 Å². The number of hydrogen-bond acceptors (Lipinski definition) is 2. The van der Waals surface area contributed by atoms with Crippen LogP contribution in [0.3, 0.4) is 0 Å². The minimum atomic E-state index is -0.345. The number of nitrogens with zero attached hydrogens (tertiary/aromatic N) is 1. The molecule has 1 aromatic rings. The standard InChI is InChI=1S/C17H26NO2.ClH/c1-5-17(19)20-15(4)13-18(6-2,7-3)14-16-11-9-8-10-12-16;/h5,8-12,15H,1,6-7,13-14H2,2-4H3;1H/q+1;/p-1. The summed E-state index contributed by atoms with van der Waals surface area (Å²) in [6, 6.07) is 10.5. The zero-order valence-corrected chi connectivity index (χ0v) is 14.0. The van der Waals surface area contributed by atoms with E-state index in [1.807, 2.05) is 13.0 Å². The molecule has 0 heterocycles. The minimum Gasteiger partial charge on any atom is -1.00 e. The maximum absolute atomic E-state index is 11.3. The highest BCUT2D eigenvalue weighted by Crippen LogP contribution is 2.16. The number of likely N-dealkylation sites (N-methyl/N-ethyl adjacent to an activating group) is 1. The van der Waals surface area contributed by atoms with Crippen molar-refractivity contribution in [3.05, 3.63) is 48.6 Å². The van der Waals surface area contributed by atoms with Crippen LogP contribution in [-0.2, 0) is 16.1 Å². The van der Waals surface area contributed by atoms with E-state index < -0.39 is 0 Å². The molecule has 0 bridgehead atoms. The highest BCUT2D eigenvalue weighted by atomic mass is 35.5. The monoisotopic (exact) mass is 311 g/mol. The molecular weight excluding hydrogens is 286 g/mol. The van der Waals surface area contributed by atoms with E-state index in [0.29, 0.717) is 0 Å². The van der Waals surface area contributed by atoms with E-state index in [1.165, 1.54) is 11.6 Å². The second kappa shape index (κ2) is 9.59. The highest BCUT2D eigenvalue weighted by molar-refractivity contribution is 5.81. The van der Waals surface area contributed by atoms with Gasteiger partial charge in [0.05, 0.1) is 13.1 Å². The van der Waals surface area contributed by atoms with Crippen LogP contribution in [0.2, 0.25) is 0 Å². The van der Waals surface area contributed by atoms with Gasteiger partial charge in [-0.05, 0) is 20.8 Å². The Balaban J connectivity index is 0.00000400. The first-order valence-corrected chi connectivity index (χ1v) is 7.27. The number of ether oxygens (including phenoxy) is 1. The van der Waals surface area contributed by atoms with E-state index in [-0.39, 0.29) is 24.5 Å². The molecule has 4 heteroatoms. The lowest BCUT2D eigenvalue weighted by atomic mass is 10.1. The van der Waals surface area contributed by atoms with Crippen molar-refractivity contribution in [2.75, 3.05) is 19.6 Å². The third-order valence-corrected chi connectivity index (χ3v) is 3.83. The van der Waals surface area contributed by atoms with E-state index >= 15 is 0 Å². The normalized spacial score (nSPS) is 12.1. The van der Waals surface area contributed by atoms with Gasteiger partial charge in [-0.1, -0.05) is 36.9 Å². The van der Waals surface area contributed by atoms with E-state index in [4.69, 9.17) is 4.74 Å². The molecule has 0 saturated heterocycles. The van der Waals surface area contributed by atoms with Crippen LogP contribution < -0.4 is 12.4 Å². The highest BCUT2D eigenvalue weighted by Gasteiger charge is 2.27. The van der Waals surface area contributed by atoms with E-state index in [1.54, 1.807) is 0 Å². The second-order valence-corrected chi connectivity index (χ2v) is 5.25. The molecule has 0 saturated carbocycles. The molecule has 118 valence electrons. The Morgan fingerprint density at radius 1 is 1.29 bits per heavy atom. The first-order chi connectivity index (χ1) is 9.55. The average Bonchev–Trinajstić information content (AvgIpc) is 2.47. The topological polar surface area (TPSA) is 26.3 Å². The van der Waals surface area contributed by atoms with Crippen LogP contribution >= 0.6 is 0 Å². The lowest BCUT2D eigenvalue weighted by Gasteiger charge is -2.38. The van der Waals surface area contributed by atoms with E-state index in [2.05, 4.69) is 44.7 Å². The van der Waals surface area contributed by atoms with Crippen LogP contribution in [0.25, 0.3) is 0 Å². The molecule has 21 heavy (non-hydrogen) atoms. The van der Waals surface area contributed by atoms with Gasteiger partial charge >= 0.3 is 5.97 Å². The first kappa shape index (κ1) is 19.7. The Hall–Kier alpha value is -1.32. The van der Waals surface area contributed by atoms with Crippen molar-refractivity contribution in [1.82, 2.24) is 0 Å². The van der Waals surface area contributed by atoms with Crippen LogP contribution in [0.1, 0.15) is 26.3 Å². The van der Waals surface area contributed by atoms with Crippen molar-refractivity contribution >= 4 is 5.97 Å². The molecule has 0 radical (unpaired) electrons. The van der Waals surface area contributed by atoms with Gasteiger partial charge in [0.1, 0.15) is 19.2 Å². The van der Waals surface area contributed by atoms with Crippen molar-refractivity contribution in [2.45, 2.75) is 33.4 Å². The molecule has 0 amide bonds. The van der Waals surface area contributed by atoms with Gasteiger partial charge in [0.15, 0.2) is 0 Å². The van der Waals surface area contributed by atoms with Crippen molar-refractivity contribution in [3.63, 3.8) is 0 Å². The summed E-state index contributed by atoms with van der Waals surface area (Å²) in [7, 11) is 0. The van der Waals surface area contributed by atoms with Gasteiger partial charge in [0, 0.05) is 11.6 Å². The minimum absolute atomic E-state index is 0. The van der Waals surface area contributed by atoms with Crippen molar-refractivity contribution < 1.29 is 26.4 Å². The number of carbonyl (C=O) groups excluding carboxylic acids is 1. The Kier molecular flexibility index (Phi) is 8.98. The van der Waals surface area contributed by atoms with Crippen molar-refractivity contribution in [3.8, 4) is 0 Å². The van der Waals surface area contributed by atoms with E-state index in [9.17, 15) is 4.79 Å². The molecule has 0 aromatic heterocycles. The average molecular weight is 312 g/mol. The van der Waals surface area contributed by atoms with Crippen LogP contribution in [0.15, 0.2) is 43.0 Å². The SMILES string of the molecule is C=CC(=O)OC(C)C[N+](CC)(CC)Cc1ccccc1.[Cl-]. The third-order valence-electron chi connectivity index (χ3n) is 3.83. The Labute approximate surface area is 134 Å². The number of hydrogen-bond donors (Lipinski definition) is 0. The molecule has 3 nitrogen and oxygen atoms in total. The molecule has 1 unspecified atom stereocenters. The van der Waals surface area contributed by atoms with Crippen molar-refractivity contribution in [2.24, 2.45) is 0 Å². The second-order valence-electron chi connectivity index (χ2n) is 5.25. The predicted molar refractivity (Wildman–Crippen MR) is 82.1 cm³/mol. The van der Waals surface area contributed by atoms with Gasteiger partial charge in [-0.3, -0.25) is 0 Å². The van der Waals surface area contributed by atoms with Crippen LogP contribution in [-0.4, -0.2) is 36.2 Å². The quantitative estimate of drug-likeness (QED) is 0.388. The predicted octanol–water partition coefficient (Wildman–Crippen LogP) is 0.165. The Bertz CT molecular complexity index is 430. The molecule has 0 aliphatic rings. The van der Waals surface area contributed by atoms with Gasteiger partial charge in [-0.25, -0.2) is 4.79 Å². The number of rotatable bonds is 8. The number of esters is 1. The summed E-state index contributed by atoms with van der Waals surface area (Å²) in [5.41, 5.74) is 1.32. The number of halogens is 1. The number of quaternary nitrogens is 1. The molecule has 0 aliphatic heterocycles. The molecule has 0 spiro atoms. The number of carbonyl (C=O) groups is 1. The summed E-state index contributed by atoms with van der Waals surface area (Å²) < 4.78 is 6.24. The Morgan fingerprint density at radius 3 is 2.33 bits per heavy atom. The van der Waals surface area contributed by atoms with Crippen molar-refractivity contribution in [1.29, 1.82) is 0 Å². The fourth-order valence-electron chi connectivity index (χ4n) is 2.57. The van der Waals surface area contributed by atoms with E-state index in [0.717, 1.165) is 30.7 Å². The van der Waals surface area contributed by atoms with Crippen LogP contribution in [0, 0.1) is 0 Å². The summed E-state index contributed by atoms with van der Waals surface area (Å²) in [6.45, 7) is 13.6. The summed E-state index contributed by atoms with van der Waals surface area (Å²) in [5, 5.41) is 0. The third kappa shape index (κ3) is 6.32. The largest absolute Gasteiger partial charge is 1.00 e. The molecule has 0 aliphatic carbocycles. The fraction of sp³-hybridized carbons (Fsp3) is 0.471. The molecule has 1 aromatic carbocycles. The maximum atomic E-state index is 11.3. The summed E-state index contributed by atoms with van der Waals surface area (Å²) in [4.78, 5) is 11.3. The lowest BCUT2D eigenvalue weighted by Crippen LogP contribution is -3.00. The lowest BCUT2D eigenvalue weighted by molar-refractivity contribution is -0.940. The maximum Gasteiger partial charge on any atom is 0.330 e. The van der Waals surface area contributed by atoms with Gasteiger partial charge in [-0.15, -0.1) is 0 Å². The molecule has 1 atom stereocenters.